The van der Waals surface area contributed by atoms with Gasteiger partial charge >= 0.3 is 12.1 Å². The zero-order valence-corrected chi connectivity index (χ0v) is 18.2. The van der Waals surface area contributed by atoms with Crippen LogP contribution in [0.5, 0.6) is 0 Å². The summed E-state index contributed by atoms with van der Waals surface area (Å²) in [6.45, 7) is 2.09. The molecule has 2 aliphatic carbocycles. The molecule has 0 radical (unpaired) electrons. The Balaban J connectivity index is 1.42. The van der Waals surface area contributed by atoms with Crippen molar-refractivity contribution in [2.24, 2.45) is 0 Å². The first-order valence-electron chi connectivity index (χ1n) is 10.9. The van der Waals surface area contributed by atoms with Crippen LogP contribution in [-0.2, 0) is 21.5 Å². The fraction of sp³-hybridized carbons (Fsp3) is 0.259. The summed E-state index contributed by atoms with van der Waals surface area (Å²) >= 11 is 0. The Labute approximate surface area is 187 Å². The van der Waals surface area contributed by atoms with Gasteiger partial charge in [0.05, 0.1) is 0 Å². The van der Waals surface area contributed by atoms with E-state index in [0.29, 0.717) is 18.4 Å². The zero-order chi connectivity index (χ0) is 22.5. The molecule has 1 unspecified atom stereocenters. The molecule has 0 heterocycles. The number of aryl methyl sites for hydroxylation is 2. The van der Waals surface area contributed by atoms with Crippen molar-refractivity contribution in [1.29, 1.82) is 0 Å². The maximum atomic E-state index is 13.2. The number of carboxylic acid groups (broad SMARTS) is 1. The number of benzene rings is 3. The Morgan fingerprint density at radius 1 is 1.03 bits per heavy atom. The largest absolute Gasteiger partial charge is 0.479 e. The molecule has 3 aromatic rings. The number of aliphatic carboxylic acids is 1. The summed E-state index contributed by atoms with van der Waals surface area (Å²) in [4.78, 5) is 26.9. The summed E-state index contributed by atoms with van der Waals surface area (Å²) in [6, 6.07) is 22.1. The number of ether oxygens (including phenoxy) is 1. The van der Waals surface area contributed by atoms with Crippen LogP contribution in [0.3, 0.4) is 0 Å². The standard InChI is InChI=1S/C27H25NO4/c1-17-11-12-18-13-14-27(25(29)30,24(18)15-17)28(2)26(31)32-16-23-21-9-5-3-7-19(21)20-8-4-6-10-22(20)23/h3-12,15,23H,13-14,16H2,1-2H3,(H,29,30). The van der Waals surface area contributed by atoms with Crippen LogP contribution in [0.1, 0.15) is 40.2 Å². The molecule has 3 aromatic carbocycles. The van der Waals surface area contributed by atoms with Crippen LogP contribution >= 0.6 is 0 Å². The second-order valence-corrected chi connectivity index (χ2v) is 8.69. The molecular formula is C27H25NO4. The van der Waals surface area contributed by atoms with E-state index in [1.165, 1.54) is 11.9 Å². The van der Waals surface area contributed by atoms with E-state index in [2.05, 4.69) is 24.3 Å². The highest BCUT2D eigenvalue weighted by Gasteiger charge is 2.51. The predicted octanol–water partition coefficient (Wildman–Crippen LogP) is 5.10. The Bertz CT molecular complexity index is 1190. The van der Waals surface area contributed by atoms with E-state index in [1.807, 2.05) is 49.4 Å². The Hall–Kier alpha value is -3.60. The lowest BCUT2D eigenvalue weighted by Crippen LogP contribution is -2.51. The molecule has 162 valence electrons. The van der Waals surface area contributed by atoms with E-state index in [9.17, 15) is 14.7 Å². The van der Waals surface area contributed by atoms with E-state index < -0.39 is 17.6 Å². The summed E-state index contributed by atoms with van der Waals surface area (Å²) in [5, 5.41) is 10.2. The number of fused-ring (bicyclic) bond motifs is 4. The van der Waals surface area contributed by atoms with Crippen LogP contribution < -0.4 is 0 Å². The van der Waals surface area contributed by atoms with Crippen LogP contribution in [0.25, 0.3) is 11.1 Å². The number of carbonyl (C=O) groups is 2. The molecule has 0 aromatic heterocycles. The van der Waals surface area contributed by atoms with Crippen molar-refractivity contribution in [3.05, 3.63) is 94.5 Å². The minimum absolute atomic E-state index is 0.0707. The molecule has 1 N–H and O–H groups in total. The molecule has 5 rings (SSSR count). The van der Waals surface area contributed by atoms with Crippen molar-refractivity contribution >= 4 is 12.1 Å². The molecule has 0 aliphatic heterocycles. The summed E-state index contributed by atoms with van der Waals surface area (Å²) < 4.78 is 5.76. The van der Waals surface area contributed by atoms with Gasteiger partial charge in [-0.05, 0) is 53.1 Å². The molecule has 32 heavy (non-hydrogen) atoms. The van der Waals surface area contributed by atoms with E-state index in [-0.39, 0.29) is 12.5 Å². The van der Waals surface area contributed by atoms with Crippen LogP contribution in [0.15, 0.2) is 66.7 Å². The highest BCUT2D eigenvalue weighted by atomic mass is 16.6. The average Bonchev–Trinajstić information content (AvgIpc) is 3.33. The fourth-order valence-corrected chi connectivity index (χ4v) is 5.30. The number of amides is 1. The molecule has 5 nitrogen and oxygen atoms in total. The predicted molar refractivity (Wildman–Crippen MR) is 122 cm³/mol. The number of carboxylic acids is 1. The molecule has 1 amide bonds. The van der Waals surface area contributed by atoms with E-state index in [4.69, 9.17) is 4.74 Å². The van der Waals surface area contributed by atoms with Gasteiger partial charge < -0.3 is 9.84 Å². The second-order valence-electron chi connectivity index (χ2n) is 8.69. The van der Waals surface area contributed by atoms with Gasteiger partial charge in [0, 0.05) is 13.0 Å². The summed E-state index contributed by atoms with van der Waals surface area (Å²) in [5.41, 5.74) is 5.76. The number of rotatable bonds is 4. The van der Waals surface area contributed by atoms with Gasteiger partial charge in [-0.2, -0.15) is 0 Å². The van der Waals surface area contributed by atoms with Crippen molar-refractivity contribution in [3.63, 3.8) is 0 Å². The van der Waals surface area contributed by atoms with Crippen molar-refractivity contribution < 1.29 is 19.4 Å². The molecule has 1 atom stereocenters. The lowest BCUT2D eigenvalue weighted by molar-refractivity contribution is -0.150. The molecule has 5 heteroatoms. The minimum atomic E-state index is -1.41. The number of likely N-dealkylation sites (N-methyl/N-ethyl adjacent to an activating group) is 1. The van der Waals surface area contributed by atoms with Gasteiger partial charge in [0.2, 0.25) is 0 Å². The normalized spacial score (nSPS) is 18.6. The SMILES string of the molecule is Cc1ccc2c(c1)C(C(=O)O)(N(C)C(=O)OCC1c3ccccc3-c3ccccc31)CC2. The lowest BCUT2D eigenvalue weighted by atomic mass is 9.89. The topological polar surface area (TPSA) is 66.8 Å². The Morgan fingerprint density at radius 2 is 1.66 bits per heavy atom. The average molecular weight is 428 g/mol. The molecule has 0 spiro atoms. The Kier molecular flexibility index (Phi) is 4.77. The van der Waals surface area contributed by atoms with Gasteiger partial charge in [-0.25, -0.2) is 9.59 Å². The fourth-order valence-electron chi connectivity index (χ4n) is 5.30. The minimum Gasteiger partial charge on any atom is -0.479 e. The van der Waals surface area contributed by atoms with E-state index >= 15 is 0 Å². The van der Waals surface area contributed by atoms with E-state index in [1.54, 1.807) is 0 Å². The molecular weight excluding hydrogens is 402 g/mol. The lowest BCUT2D eigenvalue weighted by Gasteiger charge is -2.35. The number of nitrogens with zero attached hydrogens (tertiary/aromatic N) is 1. The van der Waals surface area contributed by atoms with Crippen LogP contribution in [0.4, 0.5) is 4.79 Å². The summed E-state index contributed by atoms with van der Waals surface area (Å²) in [7, 11) is 1.53. The van der Waals surface area contributed by atoms with Crippen molar-refractivity contribution in [3.8, 4) is 11.1 Å². The highest BCUT2D eigenvalue weighted by Crippen LogP contribution is 2.45. The monoisotopic (exact) mass is 427 g/mol. The molecule has 0 saturated heterocycles. The molecule has 2 aliphatic rings. The zero-order valence-electron chi connectivity index (χ0n) is 18.2. The van der Waals surface area contributed by atoms with Gasteiger partial charge in [0.1, 0.15) is 6.61 Å². The van der Waals surface area contributed by atoms with Crippen molar-refractivity contribution in [2.75, 3.05) is 13.7 Å². The number of carbonyl (C=O) groups excluding carboxylic acids is 1. The van der Waals surface area contributed by atoms with Gasteiger partial charge in [0.15, 0.2) is 5.54 Å². The molecule has 0 saturated carbocycles. The second kappa shape index (κ2) is 7.52. The molecule has 0 bridgehead atoms. The third-order valence-corrected chi connectivity index (χ3v) is 7.00. The van der Waals surface area contributed by atoms with Gasteiger partial charge in [-0.15, -0.1) is 0 Å². The first-order chi connectivity index (χ1) is 15.4. The summed E-state index contributed by atoms with van der Waals surface area (Å²) in [5.74, 6) is -1.10. The van der Waals surface area contributed by atoms with E-state index in [0.717, 1.165) is 33.4 Å². The summed E-state index contributed by atoms with van der Waals surface area (Å²) in [6.07, 6.45) is 0.327. The van der Waals surface area contributed by atoms with Crippen LogP contribution in [0, 0.1) is 6.92 Å². The van der Waals surface area contributed by atoms with Gasteiger partial charge in [-0.3, -0.25) is 4.90 Å². The first-order valence-corrected chi connectivity index (χ1v) is 10.9. The first kappa shape index (κ1) is 20.3. The third kappa shape index (κ3) is 2.92. The van der Waals surface area contributed by atoms with Crippen LogP contribution in [-0.4, -0.2) is 35.7 Å². The quantitative estimate of drug-likeness (QED) is 0.629. The van der Waals surface area contributed by atoms with Crippen molar-refractivity contribution in [1.82, 2.24) is 4.90 Å². The van der Waals surface area contributed by atoms with Crippen LogP contribution in [0.2, 0.25) is 0 Å². The molecule has 0 fully saturated rings. The highest BCUT2D eigenvalue weighted by molar-refractivity contribution is 5.87. The number of hydrogen-bond acceptors (Lipinski definition) is 3. The van der Waals surface area contributed by atoms with Crippen molar-refractivity contribution in [2.45, 2.75) is 31.2 Å². The van der Waals surface area contributed by atoms with Gasteiger partial charge in [0.25, 0.3) is 0 Å². The van der Waals surface area contributed by atoms with Gasteiger partial charge in [-0.1, -0.05) is 72.3 Å². The third-order valence-electron chi connectivity index (χ3n) is 7.00. The maximum Gasteiger partial charge on any atom is 0.410 e. The maximum absolute atomic E-state index is 13.2. The smallest absolute Gasteiger partial charge is 0.410 e. The Morgan fingerprint density at radius 3 is 2.28 bits per heavy atom. The number of hydrogen-bond donors (Lipinski definition) is 1.